The molecular formula is C12H12BrN3O2S. The number of carbonyl (C=O) groups is 1. The van der Waals surface area contributed by atoms with E-state index in [1.165, 1.54) is 0 Å². The molecular weight excluding hydrogens is 330 g/mol. The topological polar surface area (TPSA) is 68.0 Å². The van der Waals surface area contributed by atoms with Gasteiger partial charge in [0.2, 0.25) is 0 Å². The van der Waals surface area contributed by atoms with Crippen LogP contribution < -0.4 is 0 Å². The number of carboxylic acids is 1. The summed E-state index contributed by atoms with van der Waals surface area (Å²) in [5, 5.41) is 17.4. The molecule has 1 N–H and O–H groups in total. The number of hydrogen-bond donors (Lipinski definition) is 1. The maximum Gasteiger partial charge on any atom is 0.313 e. The molecule has 0 unspecified atom stereocenters. The first-order chi connectivity index (χ1) is 8.99. The first-order valence-electron chi connectivity index (χ1n) is 5.52. The molecule has 19 heavy (non-hydrogen) atoms. The van der Waals surface area contributed by atoms with E-state index < -0.39 is 5.97 Å². The van der Waals surface area contributed by atoms with Crippen molar-refractivity contribution >= 4 is 33.7 Å². The van der Waals surface area contributed by atoms with Crippen LogP contribution in [0.25, 0.3) is 5.69 Å². The van der Waals surface area contributed by atoms with Gasteiger partial charge in [0.25, 0.3) is 0 Å². The molecule has 0 saturated carbocycles. The number of carboxylic acid groups (broad SMARTS) is 1. The summed E-state index contributed by atoms with van der Waals surface area (Å²) in [7, 11) is 0. The van der Waals surface area contributed by atoms with Crippen LogP contribution >= 0.6 is 27.7 Å². The van der Waals surface area contributed by atoms with Crippen molar-refractivity contribution in [2.24, 2.45) is 0 Å². The summed E-state index contributed by atoms with van der Waals surface area (Å²) in [5.74, 6) is -0.170. The summed E-state index contributed by atoms with van der Waals surface area (Å²) < 4.78 is 2.87. The highest BCUT2D eigenvalue weighted by Crippen LogP contribution is 2.25. The van der Waals surface area contributed by atoms with Crippen LogP contribution in [0.1, 0.15) is 11.4 Å². The van der Waals surface area contributed by atoms with Gasteiger partial charge in [0, 0.05) is 4.47 Å². The Bertz CT molecular complexity index is 627. The number of halogens is 1. The predicted octanol–water partition coefficient (Wildman–Crippen LogP) is 2.82. The summed E-state index contributed by atoms with van der Waals surface area (Å²) in [6, 6.07) is 5.90. The lowest BCUT2D eigenvalue weighted by molar-refractivity contribution is -0.133. The zero-order valence-corrected chi connectivity index (χ0v) is 12.8. The van der Waals surface area contributed by atoms with E-state index in [9.17, 15) is 4.79 Å². The highest BCUT2D eigenvalue weighted by Gasteiger charge is 2.14. The Morgan fingerprint density at radius 1 is 1.42 bits per heavy atom. The van der Waals surface area contributed by atoms with Crippen LogP contribution in [0.2, 0.25) is 0 Å². The Hall–Kier alpha value is -1.34. The minimum Gasteiger partial charge on any atom is -0.481 e. The lowest BCUT2D eigenvalue weighted by Crippen LogP contribution is -2.04. The quantitative estimate of drug-likeness (QED) is 0.866. The summed E-state index contributed by atoms with van der Waals surface area (Å²) in [6.07, 6.45) is 0. The molecule has 5 nitrogen and oxygen atoms in total. The maximum atomic E-state index is 10.7. The Morgan fingerprint density at radius 3 is 2.79 bits per heavy atom. The Labute approximate surface area is 123 Å². The largest absolute Gasteiger partial charge is 0.481 e. The average molecular weight is 342 g/mol. The molecule has 1 aromatic carbocycles. The fourth-order valence-electron chi connectivity index (χ4n) is 1.71. The van der Waals surface area contributed by atoms with Crippen molar-refractivity contribution in [1.29, 1.82) is 0 Å². The van der Waals surface area contributed by atoms with Gasteiger partial charge in [-0.3, -0.25) is 9.36 Å². The van der Waals surface area contributed by atoms with E-state index in [0.717, 1.165) is 33.3 Å². The molecule has 0 atom stereocenters. The van der Waals surface area contributed by atoms with Gasteiger partial charge >= 0.3 is 5.97 Å². The van der Waals surface area contributed by atoms with Gasteiger partial charge in [0.15, 0.2) is 5.16 Å². The van der Waals surface area contributed by atoms with E-state index in [1.54, 1.807) is 0 Å². The summed E-state index contributed by atoms with van der Waals surface area (Å²) >= 11 is 4.58. The first-order valence-corrected chi connectivity index (χ1v) is 7.30. The number of thioether (sulfide) groups is 1. The van der Waals surface area contributed by atoms with Crippen LogP contribution in [0.5, 0.6) is 0 Å². The molecule has 0 aliphatic carbocycles. The molecule has 2 rings (SSSR count). The molecule has 1 aromatic heterocycles. The number of nitrogens with zero attached hydrogens (tertiary/aromatic N) is 3. The lowest BCUT2D eigenvalue weighted by atomic mass is 10.2. The van der Waals surface area contributed by atoms with Crippen LogP contribution in [0.3, 0.4) is 0 Å². The van der Waals surface area contributed by atoms with Gasteiger partial charge in [-0.25, -0.2) is 0 Å². The fraction of sp³-hybridized carbons (Fsp3) is 0.250. The van der Waals surface area contributed by atoms with E-state index in [1.807, 2.05) is 36.6 Å². The van der Waals surface area contributed by atoms with Crippen LogP contribution in [-0.2, 0) is 4.79 Å². The number of rotatable bonds is 4. The fourth-order valence-corrected chi connectivity index (χ4v) is 2.90. The molecule has 0 aliphatic heterocycles. The van der Waals surface area contributed by atoms with Gasteiger partial charge in [0.1, 0.15) is 5.82 Å². The summed E-state index contributed by atoms with van der Waals surface area (Å²) in [5.41, 5.74) is 2.02. The van der Waals surface area contributed by atoms with Crippen molar-refractivity contribution in [3.63, 3.8) is 0 Å². The average Bonchev–Trinajstić information content (AvgIpc) is 2.68. The molecule has 100 valence electrons. The van der Waals surface area contributed by atoms with Crippen molar-refractivity contribution in [3.8, 4) is 5.69 Å². The van der Waals surface area contributed by atoms with Crippen molar-refractivity contribution in [2.75, 3.05) is 5.75 Å². The molecule has 7 heteroatoms. The Balaban J connectivity index is 2.43. The normalized spacial score (nSPS) is 10.7. The maximum absolute atomic E-state index is 10.7. The highest BCUT2D eigenvalue weighted by molar-refractivity contribution is 9.10. The minimum absolute atomic E-state index is 0.0340. The lowest BCUT2D eigenvalue weighted by Gasteiger charge is -2.11. The van der Waals surface area contributed by atoms with E-state index in [2.05, 4.69) is 26.1 Å². The summed E-state index contributed by atoms with van der Waals surface area (Å²) in [6.45, 7) is 3.84. The van der Waals surface area contributed by atoms with E-state index >= 15 is 0 Å². The molecule has 0 radical (unpaired) electrons. The third-order valence-electron chi connectivity index (χ3n) is 2.52. The Morgan fingerprint density at radius 2 is 2.16 bits per heavy atom. The van der Waals surface area contributed by atoms with Crippen LogP contribution in [0.15, 0.2) is 27.8 Å². The number of aryl methyl sites for hydroxylation is 2. The number of benzene rings is 1. The van der Waals surface area contributed by atoms with E-state index in [-0.39, 0.29) is 5.75 Å². The van der Waals surface area contributed by atoms with Gasteiger partial charge in [-0.2, -0.15) is 0 Å². The van der Waals surface area contributed by atoms with Crippen molar-refractivity contribution in [1.82, 2.24) is 14.8 Å². The monoisotopic (exact) mass is 341 g/mol. The van der Waals surface area contributed by atoms with Gasteiger partial charge in [0.05, 0.1) is 11.4 Å². The van der Waals surface area contributed by atoms with Crippen molar-refractivity contribution < 1.29 is 9.90 Å². The summed E-state index contributed by atoms with van der Waals surface area (Å²) in [4.78, 5) is 10.7. The third kappa shape index (κ3) is 3.16. The molecule has 2 aromatic rings. The standard InChI is InChI=1S/C12H12BrN3O2S/c1-7-5-9(13)3-4-10(7)16-8(2)14-15-12(16)19-6-11(17)18/h3-5H,6H2,1-2H3,(H,17,18). The van der Waals surface area contributed by atoms with Crippen molar-refractivity contribution in [2.45, 2.75) is 19.0 Å². The minimum atomic E-state index is -0.871. The molecule has 0 spiro atoms. The van der Waals surface area contributed by atoms with Crippen LogP contribution in [0, 0.1) is 13.8 Å². The molecule has 0 bridgehead atoms. The van der Waals surface area contributed by atoms with E-state index in [0.29, 0.717) is 5.16 Å². The second-order valence-electron chi connectivity index (χ2n) is 3.98. The Kier molecular flexibility index (Phi) is 4.26. The predicted molar refractivity (Wildman–Crippen MR) is 76.9 cm³/mol. The molecule has 0 saturated heterocycles. The highest BCUT2D eigenvalue weighted by atomic mass is 79.9. The molecule has 0 aliphatic rings. The van der Waals surface area contributed by atoms with Crippen molar-refractivity contribution in [3.05, 3.63) is 34.1 Å². The van der Waals surface area contributed by atoms with Gasteiger partial charge in [-0.05, 0) is 37.6 Å². The number of aromatic nitrogens is 3. The van der Waals surface area contributed by atoms with Gasteiger partial charge in [-0.15, -0.1) is 10.2 Å². The van der Waals surface area contributed by atoms with Gasteiger partial charge < -0.3 is 5.11 Å². The second-order valence-corrected chi connectivity index (χ2v) is 5.84. The SMILES string of the molecule is Cc1cc(Br)ccc1-n1c(C)nnc1SCC(=O)O. The van der Waals surface area contributed by atoms with Gasteiger partial charge in [-0.1, -0.05) is 27.7 Å². The first kappa shape index (κ1) is 14.1. The zero-order valence-electron chi connectivity index (χ0n) is 10.4. The zero-order chi connectivity index (χ0) is 14.0. The second kappa shape index (κ2) is 5.75. The molecule has 0 fully saturated rings. The number of hydrogen-bond acceptors (Lipinski definition) is 4. The van der Waals surface area contributed by atoms with E-state index in [4.69, 9.17) is 5.11 Å². The third-order valence-corrected chi connectivity index (χ3v) is 3.93. The smallest absolute Gasteiger partial charge is 0.313 e. The van der Waals surface area contributed by atoms with Crippen LogP contribution in [-0.4, -0.2) is 31.6 Å². The molecule has 0 amide bonds. The number of aliphatic carboxylic acids is 1. The van der Waals surface area contributed by atoms with Crippen LogP contribution in [0.4, 0.5) is 0 Å². The molecule has 1 heterocycles.